The Hall–Kier alpha value is -1.94. The van der Waals surface area contributed by atoms with Crippen molar-refractivity contribution in [2.24, 2.45) is 11.8 Å². The van der Waals surface area contributed by atoms with Gasteiger partial charge in [0.25, 0.3) is 5.91 Å². The van der Waals surface area contributed by atoms with E-state index in [0.29, 0.717) is 0 Å². The molecule has 1 aliphatic heterocycles. The number of carbonyl (C=O) groups excluding carboxylic acids is 1. The van der Waals surface area contributed by atoms with Gasteiger partial charge < -0.3 is 10.2 Å². The second kappa shape index (κ2) is 7.52. The Morgan fingerprint density at radius 3 is 2.68 bits per heavy atom. The number of fused-ring (bicyclic) bond motifs is 1. The van der Waals surface area contributed by atoms with Gasteiger partial charge in [-0.2, -0.15) is 0 Å². The number of piperidine rings is 1. The first-order valence-corrected chi connectivity index (χ1v) is 9.32. The van der Waals surface area contributed by atoms with Gasteiger partial charge in [-0.1, -0.05) is 32.0 Å². The average Bonchev–Trinajstić information content (AvgIpc) is 2.52. The van der Waals surface area contributed by atoms with Crippen molar-refractivity contribution >= 4 is 16.8 Å². The van der Waals surface area contributed by atoms with Crippen LogP contribution in [0.5, 0.6) is 0 Å². The molecule has 1 aromatic heterocycles. The van der Waals surface area contributed by atoms with Crippen molar-refractivity contribution in [3.8, 4) is 0 Å². The predicted molar refractivity (Wildman–Crippen MR) is 103 cm³/mol. The molecule has 0 radical (unpaired) electrons. The highest BCUT2D eigenvalue weighted by atomic mass is 16.1. The fourth-order valence-electron chi connectivity index (χ4n) is 4.17. The van der Waals surface area contributed by atoms with Crippen LogP contribution in [-0.2, 0) is 0 Å². The molecule has 0 saturated carbocycles. The van der Waals surface area contributed by atoms with Crippen molar-refractivity contribution in [2.45, 2.75) is 40.2 Å². The molecule has 3 atom stereocenters. The topological polar surface area (TPSA) is 45.2 Å². The molecule has 0 bridgehead atoms. The lowest BCUT2D eigenvalue weighted by atomic mass is 9.92. The standard InChI is InChI=1S/C21H29N3O/c1-14-9-15(2)12-24(11-14)13-17(4)23-21(25)19-10-16(3)22-20-8-6-5-7-18(19)20/h5-8,10,14-15,17H,9,11-13H2,1-4H3,(H,23,25). The van der Waals surface area contributed by atoms with Crippen LogP contribution < -0.4 is 5.32 Å². The second-order valence-corrected chi connectivity index (χ2v) is 7.87. The smallest absolute Gasteiger partial charge is 0.252 e. The van der Waals surface area contributed by atoms with Crippen molar-refractivity contribution in [2.75, 3.05) is 19.6 Å². The van der Waals surface area contributed by atoms with Crippen LogP contribution in [0.25, 0.3) is 10.9 Å². The Morgan fingerprint density at radius 2 is 1.96 bits per heavy atom. The Kier molecular flexibility index (Phi) is 5.38. The first kappa shape index (κ1) is 17.9. The Bertz CT molecular complexity index is 748. The molecule has 3 rings (SSSR count). The molecule has 1 aromatic carbocycles. The molecule has 4 nitrogen and oxygen atoms in total. The monoisotopic (exact) mass is 339 g/mol. The van der Waals surface area contributed by atoms with Gasteiger partial charge in [-0.25, -0.2) is 0 Å². The van der Waals surface area contributed by atoms with Gasteiger partial charge in [-0.15, -0.1) is 0 Å². The molecule has 1 amide bonds. The number of rotatable bonds is 4. The van der Waals surface area contributed by atoms with Gasteiger partial charge >= 0.3 is 0 Å². The molecule has 1 saturated heterocycles. The maximum atomic E-state index is 12.8. The molecule has 134 valence electrons. The zero-order chi connectivity index (χ0) is 18.0. The minimum absolute atomic E-state index is 0.00712. The molecule has 25 heavy (non-hydrogen) atoms. The lowest BCUT2D eigenvalue weighted by Crippen LogP contribution is -2.47. The third-order valence-corrected chi connectivity index (χ3v) is 4.94. The quantitative estimate of drug-likeness (QED) is 0.925. The van der Waals surface area contributed by atoms with Gasteiger partial charge in [0.05, 0.1) is 11.1 Å². The largest absolute Gasteiger partial charge is 0.348 e. The predicted octanol–water partition coefficient (Wildman–Crippen LogP) is 3.64. The molecule has 2 heterocycles. The molecule has 3 unspecified atom stereocenters. The Balaban J connectivity index is 1.70. The first-order chi connectivity index (χ1) is 11.9. The van der Waals surface area contributed by atoms with Crippen LogP contribution in [0.4, 0.5) is 0 Å². The fraction of sp³-hybridized carbons (Fsp3) is 0.524. The number of carbonyl (C=O) groups is 1. The fourth-order valence-corrected chi connectivity index (χ4v) is 4.17. The van der Waals surface area contributed by atoms with E-state index in [-0.39, 0.29) is 11.9 Å². The summed E-state index contributed by atoms with van der Waals surface area (Å²) in [6.45, 7) is 11.8. The van der Waals surface area contributed by atoms with Crippen LogP contribution in [0.1, 0.15) is 43.2 Å². The number of hydrogen-bond donors (Lipinski definition) is 1. The number of nitrogens with one attached hydrogen (secondary N) is 1. The molecule has 4 heteroatoms. The number of hydrogen-bond acceptors (Lipinski definition) is 3. The van der Waals surface area contributed by atoms with E-state index in [9.17, 15) is 4.79 Å². The lowest BCUT2D eigenvalue weighted by Gasteiger charge is -2.36. The molecule has 0 aliphatic carbocycles. The van der Waals surface area contributed by atoms with E-state index in [0.717, 1.165) is 53.6 Å². The van der Waals surface area contributed by atoms with E-state index >= 15 is 0 Å². The number of para-hydroxylation sites is 1. The minimum atomic E-state index is -0.00712. The highest BCUT2D eigenvalue weighted by Gasteiger charge is 2.23. The summed E-state index contributed by atoms with van der Waals surface area (Å²) in [5.74, 6) is 1.46. The normalized spacial score (nSPS) is 22.7. The van der Waals surface area contributed by atoms with Crippen molar-refractivity contribution in [1.82, 2.24) is 15.2 Å². The minimum Gasteiger partial charge on any atom is -0.348 e. The van der Waals surface area contributed by atoms with Crippen LogP contribution in [0.3, 0.4) is 0 Å². The summed E-state index contributed by atoms with van der Waals surface area (Å²) in [5, 5.41) is 4.10. The van der Waals surface area contributed by atoms with Crippen molar-refractivity contribution in [3.05, 3.63) is 41.6 Å². The van der Waals surface area contributed by atoms with Gasteiger partial charge in [0.15, 0.2) is 0 Å². The summed E-state index contributed by atoms with van der Waals surface area (Å²) in [7, 11) is 0. The van der Waals surface area contributed by atoms with E-state index in [1.807, 2.05) is 37.3 Å². The van der Waals surface area contributed by atoms with E-state index in [4.69, 9.17) is 0 Å². The third-order valence-electron chi connectivity index (χ3n) is 4.94. The number of benzene rings is 1. The second-order valence-electron chi connectivity index (χ2n) is 7.87. The molecule has 2 aromatic rings. The van der Waals surface area contributed by atoms with Crippen LogP contribution >= 0.6 is 0 Å². The van der Waals surface area contributed by atoms with Crippen molar-refractivity contribution in [3.63, 3.8) is 0 Å². The van der Waals surface area contributed by atoms with E-state index in [2.05, 4.69) is 36.0 Å². The number of aryl methyl sites for hydroxylation is 1. The molecule has 1 N–H and O–H groups in total. The van der Waals surface area contributed by atoms with E-state index < -0.39 is 0 Å². The first-order valence-electron chi connectivity index (χ1n) is 9.32. The van der Waals surface area contributed by atoms with Gasteiger partial charge in [0.2, 0.25) is 0 Å². The average molecular weight is 339 g/mol. The third kappa shape index (κ3) is 4.37. The van der Waals surface area contributed by atoms with Gasteiger partial charge in [-0.05, 0) is 44.2 Å². The van der Waals surface area contributed by atoms with Crippen LogP contribution in [-0.4, -0.2) is 41.5 Å². The Morgan fingerprint density at radius 1 is 1.28 bits per heavy atom. The lowest BCUT2D eigenvalue weighted by molar-refractivity contribution is 0.0906. The SMILES string of the molecule is Cc1cc(C(=O)NC(C)CN2CC(C)CC(C)C2)c2ccccc2n1. The van der Waals surface area contributed by atoms with Crippen molar-refractivity contribution < 1.29 is 4.79 Å². The molecular formula is C21H29N3O. The molecule has 1 fully saturated rings. The van der Waals surface area contributed by atoms with Crippen LogP contribution in [0.15, 0.2) is 30.3 Å². The summed E-state index contributed by atoms with van der Waals surface area (Å²) in [5.41, 5.74) is 2.46. The van der Waals surface area contributed by atoms with E-state index in [1.165, 1.54) is 6.42 Å². The molecule has 1 aliphatic rings. The summed E-state index contributed by atoms with van der Waals surface area (Å²) in [4.78, 5) is 19.8. The maximum absolute atomic E-state index is 12.8. The maximum Gasteiger partial charge on any atom is 0.252 e. The summed E-state index contributed by atoms with van der Waals surface area (Å²) < 4.78 is 0. The highest BCUT2D eigenvalue weighted by molar-refractivity contribution is 6.06. The number of aromatic nitrogens is 1. The van der Waals surface area contributed by atoms with Gasteiger partial charge in [-0.3, -0.25) is 9.78 Å². The van der Waals surface area contributed by atoms with Crippen LogP contribution in [0.2, 0.25) is 0 Å². The highest BCUT2D eigenvalue weighted by Crippen LogP contribution is 2.21. The number of nitrogens with zero attached hydrogens (tertiary/aromatic N) is 2. The summed E-state index contributed by atoms with van der Waals surface area (Å²) in [6.07, 6.45) is 1.31. The van der Waals surface area contributed by atoms with Gasteiger partial charge in [0.1, 0.15) is 0 Å². The van der Waals surface area contributed by atoms with Crippen LogP contribution in [0, 0.1) is 18.8 Å². The van der Waals surface area contributed by atoms with Gasteiger partial charge in [0, 0.05) is 36.8 Å². The van der Waals surface area contributed by atoms with Crippen molar-refractivity contribution in [1.29, 1.82) is 0 Å². The Labute approximate surface area is 150 Å². The number of likely N-dealkylation sites (tertiary alicyclic amines) is 1. The zero-order valence-corrected chi connectivity index (χ0v) is 15.7. The molecular weight excluding hydrogens is 310 g/mol. The molecule has 0 spiro atoms. The number of amides is 1. The van der Waals surface area contributed by atoms with E-state index in [1.54, 1.807) is 0 Å². The zero-order valence-electron chi connectivity index (χ0n) is 15.7. The summed E-state index contributed by atoms with van der Waals surface area (Å²) in [6, 6.07) is 9.84. The summed E-state index contributed by atoms with van der Waals surface area (Å²) >= 11 is 0. The number of pyridine rings is 1.